The number of nitro benzene ring substituents is 1. The van der Waals surface area contributed by atoms with Crippen molar-refractivity contribution in [2.75, 3.05) is 12.3 Å². The Morgan fingerprint density at radius 3 is 2.36 bits per heavy atom. The summed E-state index contributed by atoms with van der Waals surface area (Å²) in [5, 5.41) is 10.7. The average molecular weight is 356 g/mol. The van der Waals surface area contributed by atoms with Crippen LogP contribution < -0.4 is 0 Å². The highest BCUT2D eigenvalue weighted by Gasteiger charge is 2.31. The molecule has 6 heteroatoms. The molecule has 2 aromatic carbocycles. The van der Waals surface area contributed by atoms with Crippen LogP contribution in [-0.4, -0.2) is 28.0 Å². The third-order valence-electron chi connectivity index (χ3n) is 4.37. The van der Waals surface area contributed by atoms with E-state index < -0.39 is 4.92 Å². The van der Waals surface area contributed by atoms with Gasteiger partial charge in [0.05, 0.1) is 4.92 Å². The lowest BCUT2D eigenvalue weighted by molar-refractivity contribution is -0.384. The standard InChI is InChI=1S/C19H20N2O3S/c1-13(2)14-3-5-16(6-4-14)19-20(11-12-25-19)18(22)15-7-9-17(10-8-15)21(23)24/h3-10,13,19H,11-12H2,1-2H3. The maximum atomic E-state index is 12.8. The molecule has 0 N–H and O–H groups in total. The fourth-order valence-electron chi connectivity index (χ4n) is 2.89. The van der Waals surface area contributed by atoms with Gasteiger partial charge in [0.1, 0.15) is 5.37 Å². The summed E-state index contributed by atoms with van der Waals surface area (Å²) in [5.41, 5.74) is 2.87. The molecule has 1 atom stereocenters. The molecule has 0 bridgehead atoms. The van der Waals surface area contributed by atoms with Crippen LogP contribution in [0.4, 0.5) is 5.69 Å². The van der Waals surface area contributed by atoms with Gasteiger partial charge in [-0.3, -0.25) is 14.9 Å². The molecule has 0 aromatic heterocycles. The van der Waals surface area contributed by atoms with Gasteiger partial charge in [0, 0.05) is 30.0 Å². The molecule has 0 saturated carbocycles. The Hall–Kier alpha value is -2.34. The number of nitro groups is 1. The third-order valence-corrected chi connectivity index (χ3v) is 5.63. The van der Waals surface area contributed by atoms with E-state index >= 15 is 0 Å². The van der Waals surface area contributed by atoms with Gasteiger partial charge in [-0.25, -0.2) is 0 Å². The molecule has 1 unspecified atom stereocenters. The van der Waals surface area contributed by atoms with Gasteiger partial charge >= 0.3 is 0 Å². The molecule has 1 aliphatic heterocycles. The van der Waals surface area contributed by atoms with Gasteiger partial charge in [0.2, 0.25) is 0 Å². The molecule has 25 heavy (non-hydrogen) atoms. The predicted octanol–water partition coefficient (Wildman–Crippen LogP) is 4.61. The molecular formula is C19H20N2O3S. The van der Waals surface area contributed by atoms with E-state index in [1.165, 1.54) is 29.8 Å². The number of thioether (sulfide) groups is 1. The minimum Gasteiger partial charge on any atom is -0.322 e. The van der Waals surface area contributed by atoms with Crippen LogP contribution >= 0.6 is 11.8 Å². The maximum Gasteiger partial charge on any atom is 0.269 e. The van der Waals surface area contributed by atoms with Crippen molar-refractivity contribution in [2.24, 2.45) is 0 Å². The van der Waals surface area contributed by atoms with Crippen LogP contribution in [-0.2, 0) is 0 Å². The molecular weight excluding hydrogens is 336 g/mol. The Balaban J connectivity index is 1.80. The fourth-order valence-corrected chi connectivity index (χ4v) is 4.15. The average Bonchev–Trinajstić information content (AvgIpc) is 3.11. The zero-order valence-corrected chi connectivity index (χ0v) is 15.0. The lowest BCUT2D eigenvalue weighted by Gasteiger charge is -2.24. The second kappa shape index (κ2) is 7.27. The first kappa shape index (κ1) is 17.5. The number of benzene rings is 2. The quantitative estimate of drug-likeness (QED) is 0.593. The van der Waals surface area contributed by atoms with Crippen molar-refractivity contribution >= 4 is 23.4 Å². The number of hydrogen-bond donors (Lipinski definition) is 0. The summed E-state index contributed by atoms with van der Waals surface area (Å²) in [4.78, 5) is 25.0. The topological polar surface area (TPSA) is 63.5 Å². The van der Waals surface area contributed by atoms with E-state index in [1.807, 2.05) is 4.90 Å². The molecule has 1 fully saturated rings. The number of carbonyl (C=O) groups is 1. The first-order chi connectivity index (χ1) is 12.0. The van der Waals surface area contributed by atoms with Crippen molar-refractivity contribution in [2.45, 2.75) is 25.1 Å². The van der Waals surface area contributed by atoms with E-state index in [2.05, 4.69) is 38.1 Å². The molecule has 130 valence electrons. The summed E-state index contributed by atoms with van der Waals surface area (Å²) >= 11 is 1.75. The summed E-state index contributed by atoms with van der Waals surface area (Å²) in [6, 6.07) is 14.2. The van der Waals surface area contributed by atoms with Gasteiger partial charge in [-0.15, -0.1) is 11.8 Å². The second-order valence-corrected chi connectivity index (χ2v) is 7.54. The third kappa shape index (κ3) is 3.69. The summed E-state index contributed by atoms with van der Waals surface area (Å²) in [6.07, 6.45) is 0. The van der Waals surface area contributed by atoms with Crippen LogP contribution in [0, 0.1) is 10.1 Å². The summed E-state index contributed by atoms with van der Waals surface area (Å²) in [6.45, 7) is 4.99. The predicted molar refractivity (Wildman–Crippen MR) is 99.9 cm³/mol. The van der Waals surface area contributed by atoms with Gasteiger partial charge < -0.3 is 4.90 Å². The maximum absolute atomic E-state index is 12.8. The zero-order chi connectivity index (χ0) is 18.0. The molecule has 0 spiro atoms. The van der Waals surface area contributed by atoms with Crippen molar-refractivity contribution in [3.8, 4) is 0 Å². The number of nitrogens with zero attached hydrogens (tertiary/aromatic N) is 2. The minimum absolute atomic E-state index is 0.00632. The second-order valence-electron chi connectivity index (χ2n) is 6.35. The Kier molecular flexibility index (Phi) is 5.08. The van der Waals surface area contributed by atoms with E-state index in [-0.39, 0.29) is 17.0 Å². The highest BCUT2D eigenvalue weighted by molar-refractivity contribution is 7.99. The van der Waals surface area contributed by atoms with E-state index in [0.717, 1.165) is 11.3 Å². The Labute approximate surface area is 151 Å². The monoisotopic (exact) mass is 356 g/mol. The summed E-state index contributed by atoms with van der Waals surface area (Å²) in [5.74, 6) is 1.27. The van der Waals surface area contributed by atoms with Gasteiger partial charge in [-0.05, 0) is 29.2 Å². The van der Waals surface area contributed by atoms with E-state index in [0.29, 0.717) is 18.0 Å². The molecule has 5 nitrogen and oxygen atoms in total. The smallest absolute Gasteiger partial charge is 0.269 e. The van der Waals surface area contributed by atoms with E-state index in [9.17, 15) is 14.9 Å². The highest BCUT2D eigenvalue weighted by Crippen LogP contribution is 2.39. The Bertz CT molecular complexity index is 772. The van der Waals surface area contributed by atoms with Crippen LogP contribution in [0.3, 0.4) is 0 Å². The SMILES string of the molecule is CC(C)c1ccc(C2SCCN2C(=O)c2ccc([N+](=O)[O-])cc2)cc1. The van der Waals surface area contributed by atoms with Gasteiger partial charge in [-0.2, -0.15) is 0 Å². The summed E-state index contributed by atoms with van der Waals surface area (Å²) < 4.78 is 0. The number of carbonyl (C=O) groups excluding carboxylic acids is 1. The van der Waals surface area contributed by atoms with Crippen molar-refractivity contribution in [1.82, 2.24) is 4.90 Å². The molecule has 1 saturated heterocycles. The van der Waals surface area contributed by atoms with E-state index in [4.69, 9.17) is 0 Å². The lowest BCUT2D eigenvalue weighted by atomic mass is 10.0. The normalized spacial score (nSPS) is 17.1. The van der Waals surface area contributed by atoms with Crippen LogP contribution in [0.1, 0.15) is 46.6 Å². The van der Waals surface area contributed by atoms with Gasteiger partial charge in [0.25, 0.3) is 11.6 Å². The number of hydrogen-bond acceptors (Lipinski definition) is 4. The van der Waals surface area contributed by atoms with Crippen molar-refractivity contribution in [3.05, 3.63) is 75.3 Å². The first-order valence-electron chi connectivity index (χ1n) is 8.24. The molecule has 0 radical (unpaired) electrons. The van der Waals surface area contributed by atoms with Gasteiger partial charge in [0.15, 0.2) is 0 Å². The van der Waals surface area contributed by atoms with Crippen LogP contribution in [0.25, 0.3) is 0 Å². The van der Waals surface area contributed by atoms with Crippen molar-refractivity contribution < 1.29 is 9.72 Å². The van der Waals surface area contributed by atoms with Crippen molar-refractivity contribution in [1.29, 1.82) is 0 Å². The molecule has 1 heterocycles. The Morgan fingerprint density at radius 1 is 1.16 bits per heavy atom. The van der Waals surface area contributed by atoms with Crippen LogP contribution in [0.2, 0.25) is 0 Å². The molecule has 3 rings (SSSR count). The van der Waals surface area contributed by atoms with Crippen LogP contribution in [0.15, 0.2) is 48.5 Å². The highest BCUT2D eigenvalue weighted by atomic mass is 32.2. The minimum atomic E-state index is -0.459. The molecule has 1 aliphatic rings. The molecule has 1 amide bonds. The molecule has 2 aromatic rings. The summed E-state index contributed by atoms with van der Waals surface area (Å²) in [7, 11) is 0. The number of non-ortho nitro benzene ring substituents is 1. The van der Waals surface area contributed by atoms with Crippen molar-refractivity contribution in [3.63, 3.8) is 0 Å². The zero-order valence-electron chi connectivity index (χ0n) is 14.2. The number of amides is 1. The largest absolute Gasteiger partial charge is 0.322 e. The van der Waals surface area contributed by atoms with Crippen LogP contribution in [0.5, 0.6) is 0 Å². The molecule has 0 aliphatic carbocycles. The Morgan fingerprint density at radius 2 is 1.80 bits per heavy atom. The fraction of sp³-hybridized carbons (Fsp3) is 0.316. The first-order valence-corrected chi connectivity index (χ1v) is 9.29. The van der Waals surface area contributed by atoms with E-state index in [1.54, 1.807) is 11.8 Å². The number of rotatable bonds is 4. The lowest BCUT2D eigenvalue weighted by Crippen LogP contribution is -2.30. The van der Waals surface area contributed by atoms with Gasteiger partial charge in [-0.1, -0.05) is 38.1 Å².